The van der Waals surface area contributed by atoms with Crippen LogP contribution in [0.15, 0.2) is 76.8 Å². The summed E-state index contributed by atoms with van der Waals surface area (Å²) in [6.45, 7) is 1.97. The summed E-state index contributed by atoms with van der Waals surface area (Å²) in [6, 6.07) is 19.1. The predicted octanol–water partition coefficient (Wildman–Crippen LogP) is 4.80. The molecule has 0 unspecified atom stereocenters. The Hall–Kier alpha value is -2.79. The zero-order valence-electron chi connectivity index (χ0n) is 14.0. The number of nitrogens with zero attached hydrogens (tertiary/aromatic N) is 1. The van der Waals surface area contributed by atoms with E-state index in [1.54, 1.807) is 25.4 Å². The van der Waals surface area contributed by atoms with Gasteiger partial charge in [0.25, 0.3) is 5.91 Å². The summed E-state index contributed by atoms with van der Waals surface area (Å²) >= 11 is 1.46. The Kier molecular flexibility index (Phi) is 5.36. The van der Waals surface area contributed by atoms with E-state index in [9.17, 15) is 4.79 Å². The van der Waals surface area contributed by atoms with Crippen LogP contribution in [0, 0.1) is 6.92 Å². The highest BCUT2D eigenvalue weighted by Gasteiger charge is 2.15. The first-order chi connectivity index (χ1) is 12.2. The van der Waals surface area contributed by atoms with E-state index in [-0.39, 0.29) is 5.91 Å². The molecule has 1 N–H and O–H groups in total. The van der Waals surface area contributed by atoms with Gasteiger partial charge in [0.15, 0.2) is 0 Å². The second kappa shape index (κ2) is 7.85. The van der Waals surface area contributed by atoms with Crippen LogP contribution in [0.3, 0.4) is 0 Å². The normalized spacial score (nSPS) is 10.3. The number of nitrogens with one attached hydrogen (secondary N) is 1. The summed E-state index contributed by atoms with van der Waals surface area (Å²) in [4.78, 5) is 18.2. The largest absolute Gasteiger partial charge is 0.495 e. The summed E-state index contributed by atoms with van der Waals surface area (Å²) in [5.41, 5.74) is 2.22. The Morgan fingerprint density at radius 1 is 1.08 bits per heavy atom. The minimum absolute atomic E-state index is 0.213. The molecule has 0 aliphatic rings. The van der Waals surface area contributed by atoms with E-state index < -0.39 is 0 Å². The quantitative estimate of drug-likeness (QED) is 0.718. The molecule has 0 radical (unpaired) electrons. The van der Waals surface area contributed by atoms with Crippen molar-refractivity contribution in [3.05, 3.63) is 78.0 Å². The van der Waals surface area contributed by atoms with Crippen molar-refractivity contribution in [3.8, 4) is 5.75 Å². The lowest BCUT2D eigenvalue weighted by molar-refractivity contribution is 0.102. The number of anilines is 1. The summed E-state index contributed by atoms with van der Waals surface area (Å²) in [6.07, 6.45) is 1.69. The lowest BCUT2D eigenvalue weighted by Crippen LogP contribution is -2.14. The molecule has 0 bridgehead atoms. The molecule has 4 nitrogen and oxygen atoms in total. The Bertz CT molecular complexity index is 882. The first-order valence-corrected chi connectivity index (χ1v) is 8.63. The molecule has 0 aliphatic heterocycles. The van der Waals surface area contributed by atoms with Gasteiger partial charge in [-0.25, -0.2) is 4.98 Å². The number of aromatic nitrogens is 1. The number of rotatable bonds is 5. The Morgan fingerprint density at radius 3 is 2.64 bits per heavy atom. The van der Waals surface area contributed by atoms with Crippen LogP contribution in [0.4, 0.5) is 5.69 Å². The van der Waals surface area contributed by atoms with Crippen LogP contribution in [0.2, 0.25) is 0 Å². The highest BCUT2D eigenvalue weighted by Crippen LogP contribution is 2.30. The molecule has 126 valence electrons. The Morgan fingerprint density at radius 2 is 1.88 bits per heavy atom. The number of pyridine rings is 1. The van der Waals surface area contributed by atoms with Gasteiger partial charge in [-0.05, 0) is 48.9 Å². The van der Waals surface area contributed by atoms with Gasteiger partial charge in [0, 0.05) is 11.1 Å². The molecule has 2 aromatic carbocycles. The highest BCUT2D eigenvalue weighted by molar-refractivity contribution is 7.99. The minimum atomic E-state index is -0.213. The number of hydrogen-bond acceptors (Lipinski definition) is 4. The van der Waals surface area contributed by atoms with Crippen molar-refractivity contribution in [1.82, 2.24) is 4.98 Å². The Labute approximate surface area is 151 Å². The zero-order valence-corrected chi connectivity index (χ0v) is 14.8. The average molecular weight is 350 g/mol. The third-order valence-corrected chi connectivity index (χ3v) is 4.60. The van der Waals surface area contributed by atoms with Crippen LogP contribution >= 0.6 is 11.8 Å². The highest BCUT2D eigenvalue weighted by atomic mass is 32.2. The van der Waals surface area contributed by atoms with Crippen molar-refractivity contribution >= 4 is 23.4 Å². The average Bonchev–Trinajstić information content (AvgIpc) is 2.63. The number of aryl methyl sites for hydroxylation is 1. The lowest BCUT2D eigenvalue weighted by atomic mass is 10.2. The summed E-state index contributed by atoms with van der Waals surface area (Å²) in [7, 11) is 1.58. The predicted molar refractivity (Wildman–Crippen MR) is 100 cm³/mol. The molecule has 0 aliphatic carbocycles. The van der Waals surface area contributed by atoms with Gasteiger partial charge in [0.2, 0.25) is 0 Å². The third kappa shape index (κ3) is 4.19. The fourth-order valence-electron chi connectivity index (χ4n) is 2.35. The van der Waals surface area contributed by atoms with Gasteiger partial charge in [-0.15, -0.1) is 0 Å². The van der Waals surface area contributed by atoms with Crippen molar-refractivity contribution < 1.29 is 9.53 Å². The summed E-state index contributed by atoms with van der Waals surface area (Å²) in [5.74, 6) is 0.413. The number of benzene rings is 2. The molecule has 1 heterocycles. The van der Waals surface area contributed by atoms with E-state index in [1.165, 1.54) is 11.8 Å². The molecule has 0 saturated carbocycles. The van der Waals surface area contributed by atoms with Crippen molar-refractivity contribution in [3.63, 3.8) is 0 Å². The van der Waals surface area contributed by atoms with Crippen LogP contribution in [0.5, 0.6) is 5.75 Å². The first kappa shape index (κ1) is 17.0. The minimum Gasteiger partial charge on any atom is -0.495 e. The number of methoxy groups -OCH3 is 1. The molecule has 1 aromatic heterocycles. The number of ether oxygens (including phenoxy) is 1. The SMILES string of the molecule is COc1ccc(C)cc1NC(=O)c1cccnc1Sc1ccccc1. The van der Waals surface area contributed by atoms with Gasteiger partial charge >= 0.3 is 0 Å². The number of carbonyl (C=O) groups excluding carboxylic acids is 1. The second-order valence-electron chi connectivity index (χ2n) is 5.43. The van der Waals surface area contributed by atoms with E-state index in [2.05, 4.69) is 10.3 Å². The van der Waals surface area contributed by atoms with Crippen LogP contribution < -0.4 is 10.1 Å². The van der Waals surface area contributed by atoms with Crippen molar-refractivity contribution in [2.45, 2.75) is 16.8 Å². The number of hydrogen-bond donors (Lipinski definition) is 1. The van der Waals surface area contributed by atoms with Crippen LogP contribution in [0.25, 0.3) is 0 Å². The monoisotopic (exact) mass is 350 g/mol. The van der Waals surface area contributed by atoms with E-state index in [1.807, 2.05) is 55.5 Å². The summed E-state index contributed by atoms with van der Waals surface area (Å²) in [5, 5.41) is 3.59. The molecule has 0 fully saturated rings. The fraction of sp³-hybridized carbons (Fsp3) is 0.100. The van der Waals surface area contributed by atoms with Gasteiger partial charge in [-0.1, -0.05) is 36.0 Å². The maximum Gasteiger partial charge on any atom is 0.258 e. The second-order valence-corrected chi connectivity index (χ2v) is 6.49. The third-order valence-electron chi connectivity index (χ3n) is 3.58. The number of carbonyl (C=O) groups is 1. The van der Waals surface area contributed by atoms with E-state index in [0.717, 1.165) is 10.5 Å². The number of amides is 1. The molecule has 0 spiro atoms. The molecule has 25 heavy (non-hydrogen) atoms. The molecule has 0 atom stereocenters. The maximum atomic E-state index is 12.8. The molecular formula is C20H18N2O2S. The van der Waals surface area contributed by atoms with Crippen LogP contribution in [0.1, 0.15) is 15.9 Å². The van der Waals surface area contributed by atoms with E-state index in [0.29, 0.717) is 22.0 Å². The zero-order chi connectivity index (χ0) is 17.6. The van der Waals surface area contributed by atoms with Gasteiger partial charge in [-0.2, -0.15) is 0 Å². The van der Waals surface area contributed by atoms with E-state index in [4.69, 9.17) is 4.74 Å². The van der Waals surface area contributed by atoms with Gasteiger partial charge in [-0.3, -0.25) is 4.79 Å². The maximum absolute atomic E-state index is 12.8. The molecule has 5 heteroatoms. The molecule has 0 saturated heterocycles. The smallest absolute Gasteiger partial charge is 0.258 e. The fourth-order valence-corrected chi connectivity index (χ4v) is 3.26. The lowest BCUT2D eigenvalue weighted by Gasteiger charge is -2.12. The van der Waals surface area contributed by atoms with Crippen LogP contribution in [-0.2, 0) is 0 Å². The van der Waals surface area contributed by atoms with Gasteiger partial charge < -0.3 is 10.1 Å². The Balaban J connectivity index is 1.87. The van der Waals surface area contributed by atoms with Gasteiger partial charge in [0.1, 0.15) is 10.8 Å². The van der Waals surface area contributed by atoms with E-state index >= 15 is 0 Å². The molecular weight excluding hydrogens is 332 g/mol. The molecule has 3 aromatic rings. The standard InChI is InChI=1S/C20H18N2O2S/c1-14-10-11-18(24-2)17(13-14)22-19(23)16-9-6-12-21-20(16)25-15-7-4-3-5-8-15/h3-13H,1-2H3,(H,22,23). The summed E-state index contributed by atoms with van der Waals surface area (Å²) < 4.78 is 5.33. The topological polar surface area (TPSA) is 51.2 Å². The van der Waals surface area contributed by atoms with Gasteiger partial charge in [0.05, 0.1) is 18.4 Å². The van der Waals surface area contributed by atoms with Crippen molar-refractivity contribution in [2.24, 2.45) is 0 Å². The van der Waals surface area contributed by atoms with Crippen molar-refractivity contribution in [2.75, 3.05) is 12.4 Å². The molecule has 1 amide bonds. The first-order valence-electron chi connectivity index (χ1n) is 7.81. The van der Waals surface area contributed by atoms with Crippen LogP contribution in [-0.4, -0.2) is 18.0 Å². The molecule has 3 rings (SSSR count). The van der Waals surface area contributed by atoms with Crippen molar-refractivity contribution in [1.29, 1.82) is 0 Å².